The minimum Gasteiger partial charge on any atom is -0.368 e. The molecule has 1 atom stereocenters. The zero-order valence-corrected chi connectivity index (χ0v) is 17.6. The summed E-state index contributed by atoms with van der Waals surface area (Å²) in [5.74, 6) is 1.25. The summed E-state index contributed by atoms with van der Waals surface area (Å²) in [6.07, 6.45) is 1.91. The molecule has 1 aliphatic heterocycles. The molecule has 0 radical (unpaired) electrons. The number of nitrogen functional groups attached to an aromatic ring is 1. The second-order valence-electron chi connectivity index (χ2n) is 7.88. The van der Waals surface area contributed by atoms with E-state index in [1.54, 1.807) is 12.1 Å². The number of nitrogens with two attached hydrogens (primary N) is 1. The minimum atomic E-state index is -0.252. The summed E-state index contributed by atoms with van der Waals surface area (Å²) in [5.41, 5.74) is 10.1. The standard InChI is InChI=1S/C23H23FN8/c1-14-4-6-15(7-5-14)18-13-20(31-30-18)26-22-27-21(25)28-23(29-22)32-12-2-3-19(32)16-8-10-17(24)11-9-16/h4-11,13,19H,2-3,12H2,1H3,(H4,25,26,27,28,29,30,31). The first-order chi connectivity index (χ1) is 15.5. The van der Waals surface area contributed by atoms with E-state index in [0.29, 0.717) is 17.7 Å². The van der Waals surface area contributed by atoms with Gasteiger partial charge in [-0.15, -0.1) is 0 Å². The second-order valence-corrected chi connectivity index (χ2v) is 7.88. The molecule has 1 unspecified atom stereocenters. The molecule has 2 aromatic heterocycles. The molecule has 0 saturated carbocycles. The lowest BCUT2D eigenvalue weighted by Crippen LogP contribution is -2.25. The van der Waals surface area contributed by atoms with Crippen LogP contribution in [-0.2, 0) is 0 Å². The molecule has 2 aromatic carbocycles. The smallest absolute Gasteiger partial charge is 0.235 e. The summed E-state index contributed by atoms with van der Waals surface area (Å²) in [5, 5.41) is 10.4. The summed E-state index contributed by atoms with van der Waals surface area (Å²) >= 11 is 0. The van der Waals surface area contributed by atoms with Gasteiger partial charge < -0.3 is 16.0 Å². The molecule has 4 aromatic rings. The van der Waals surface area contributed by atoms with Gasteiger partial charge in [-0.2, -0.15) is 20.1 Å². The van der Waals surface area contributed by atoms with Crippen LogP contribution < -0.4 is 16.0 Å². The summed E-state index contributed by atoms with van der Waals surface area (Å²) in [4.78, 5) is 15.2. The zero-order chi connectivity index (χ0) is 22.1. The van der Waals surface area contributed by atoms with Gasteiger partial charge in [0.2, 0.25) is 17.8 Å². The Bertz CT molecular complexity index is 1220. The fourth-order valence-electron chi connectivity index (χ4n) is 3.98. The molecule has 0 amide bonds. The van der Waals surface area contributed by atoms with E-state index in [-0.39, 0.29) is 17.8 Å². The molecule has 3 heterocycles. The Morgan fingerprint density at radius 3 is 2.62 bits per heavy atom. The van der Waals surface area contributed by atoms with Gasteiger partial charge in [0.25, 0.3) is 0 Å². The second kappa shape index (κ2) is 8.26. The number of nitrogens with one attached hydrogen (secondary N) is 2. The van der Waals surface area contributed by atoms with E-state index >= 15 is 0 Å². The van der Waals surface area contributed by atoms with E-state index in [4.69, 9.17) is 5.73 Å². The van der Waals surface area contributed by atoms with Crippen molar-refractivity contribution in [3.63, 3.8) is 0 Å². The van der Waals surface area contributed by atoms with Crippen LogP contribution >= 0.6 is 0 Å². The molecule has 162 valence electrons. The van der Waals surface area contributed by atoms with Gasteiger partial charge in [-0.1, -0.05) is 42.0 Å². The van der Waals surface area contributed by atoms with Crippen LogP contribution in [0.2, 0.25) is 0 Å². The van der Waals surface area contributed by atoms with Crippen molar-refractivity contribution in [2.75, 3.05) is 22.5 Å². The highest BCUT2D eigenvalue weighted by molar-refractivity contribution is 5.65. The Morgan fingerprint density at radius 2 is 1.84 bits per heavy atom. The number of nitrogens with zero attached hydrogens (tertiary/aromatic N) is 5. The molecule has 1 fully saturated rings. The van der Waals surface area contributed by atoms with Gasteiger partial charge in [-0.3, -0.25) is 5.10 Å². The van der Waals surface area contributed by atoms with E-state index < -0.39 is 0 Å². The number of benzene rings is 2. The average Bonchev–Trinajstić information content (AvgIpc) is 3.44. The fourth-order valence-corrected chi connectivity index (χ4v) is 3.98. The number of halogens is 1. The Morgan fingerprint density at radius 1 is 1.06 bits per heavy atom. The molecule has 5 rings (SSSR count). The molecular formula is C23H23FN8. The summed E-state index contributed by atoms with van der Waals surface area (Å²) in [7, 11) is 0. The summed E-state index contributed by atoms with van der Waals surface area (Å²) < 4.78 is 13.4. The van der Waals surface area contributed by atoms with Gasteiger partial charge in [0.15, 0.2) is 5.82 Å². The van der Waals surface area contributed by atoms with Crippen LogP contribution in [0.4, 0.5) is 28.1 Å². The van der Waals surface area contributed by atoms with Crippen LogP contribution in [0.1, 0.15) is 30.0 Å². The number of aromatic nitrogens is 5. The van der Waals surface area contributed by atoms with Gasteiger partial charge in [0.1, 0.15) is 5.82 Å². The molecule has 0 spiro atoms. The highest BCUT2D eigenvalue weighted by atomic mass is 19.1. The first-order valence-corrected chi connectivity index (χ1v) is 10.5. The number of aromatic amines is 1. The number of hydrogen-bond donors (Lipinski definition) is 3. The van der Waals surface area contributed by atoms with Gasteiger partial charge in [0, 0.05) is 12.6 Å². The molecule has 8 nitrogen and oxygen atoms in total. The summed E-state index contributed by atoms with van der Waals surface area (Å²) in [6, 6.07) is 16.7. The monoisotopic (exact) mass is 430 g/mol. The first kappa shape index (κ1) is 19.9. The molecule has 0 bridgehead atoms. The van der Waals surface area contributed by atoms with E-state index in [1.165, 1.54) is 17.7 Å². The number of H-pyrrole nitrogens is 1. The van der Waals surface area contributed by atoms with E-state index in [1.807, 2.05) is 25.1 Å². The molecular weight excluding hydrogens is 407 g/mol. The van der Waals surface area contributed by atoms with Gasteiger partial charge in [-0.25, -0.2) is 4.39 Å². The normalized spacial score (nSPS) is 15.8. The topological polar surface area (TPSA) is 109 Å². The maximum absolute atomic E-state index is 13.4. The van der Waals surface area contributed by atoms with Gasteiger partial charge in [-0.05, 0) is 43.0 Å². The van der Waals surface area contributed by atoms with E-state index in [2.05, 4.69) is 47.5 Å². The minimum absolute atomic E-state index is 0.0590. The lowest BCUT2D eigenvalue weighted by molar-refractivity contribution is 0.624. The van der Waals surface area contributed by atoms with Crippen LogP contribution in [0.3, 0.4) is 0 Å². The van der Waals surface area contributed by atoms with E-state index in [0.717, 1.165) is 36.2 Å². The number of hydrogen-bond acceptors (Lipinski definition) is 7. The maximum Gasteiger partial charge on any atom is 0.235 e. The predicted octanol–water partition coefficient (Wildman–Crippen LogP) is 4.38. The number of aryl methyl sites for hydroxylation is 1. The SMILES string of the molecule is Cc1ccc(-c2cc(Nc3nc(N)nc(N4CCCC4c4ccc(F)cc4)n3)n[nH]2)cc1. The number of rotatable bonds is 5. The van der Waals surface area contributed by atoms with Crippen LogP contribution in [0.25, 0.3) is 11.3 Å². The Hall–Kier alpha value is -4.01. The van der Waals surface area contributed by atoms with Crippen molar-refractivity contribution in [2.24, 2.45) is 0 Å². The molecule has 1 saturated heterocycles. The Kier molecular flexibility index (Phi) is 5.14. The van der Waals surface area contributed by atoms with Gasteiger partial charge >= 0.3 is 0 Å². The van der Waals surface area contributed by atoms with Crippen LogP contribution in [0, 0.1) is 12.7 Å². The first-order valence-electron chi connectivity index (χ1n) is 10.5. The van der Waals surface area contributed by atoms with Crippen LogP contribution in [0.5, 0.6) is 0 Å². The maximum atomic E-state index is 13.4. The average molecular weight is 430 g/mol. The molecule has 9 heteroatoms. The van der Waals surface area contributed by atoms with Crippen molar-refractivity contribution in [1.29, 1.82) is 0 Å². The Balaban J connectivity index is 1.38. The third-order valence-corrected chi connectivity index (χ3v) is 5.59. The van der Waals surface area contributed by atoms with Crippen molar-refractivity contribution in [2.45, 2.75) is 25.8 Å². The molecule has 32 heavy (non-hydrogen) atoms. The van der Waals surface area contributed by atoms with Crippen molar-refractivity contribution in [3.8, 4) is 11.3 Å². The van der Waals surface area contributed by atoms with E-state index in [9.17, 15) is 4.39 Å². The van der Waals surface area contributed by atoms with Crippen LogP contribution in [0.15, 0.2) is 54.6 Å². The molecule has 1 aliphatic rings. The quantitative estimate of drug-likeness (QED) is 0.431. The predicted molar refractivity (Wildman–Crippen MR) is 122 cm³/mol. The van der Waals surface area contributed by atoms with Crippen LogP contribution in [-0.4, -0.2) is 31.7 Å². The van der Waals surface area contributed by atoms with Crippen molar-refractivity contribution < 1.29 is 4.39 Å². The third kappa shape index (κ3) is 4.09. The van der Waals surface area contributed by atoms with Gasteiger partial charge in [0.05, 0.1) is 11.7 Å². The summed E-state index contributed by atoms with van der Waals surface area (Å²) in [6.45, 7) is 2.83. The highest BCUT2D eigenvalue weighted by Gasteiger charge is 2.29. The molecule has 0 aliphatic carbocycles. The number of anilines is 4. The van der Waals surface area contributed by atoms with Crippen molar-refractivity contribution in [1.82, 2.24) is 25.1 Å². The lowest BCUT2D eigenvalue weighted by Gasteiger charge is -2.25. The lowest BCUT2D eigenvalue weighted by atomic mass is 10.0. The Labute approximate surface area is 184 Å². The highest BCUT2D eigenvalue weighted by Crippen LogP contribution is 2.35. The molecule has 4 N–H and O–H groups in total. The third-order valence-electron chi connectivity index (χ3n) is 5.59. The zero-order valence-electron chi connectivity index (χ0n) is 17.6. The largest absolute Gasteiger partial charge is 0.368 e. The van der Waals surface area contributed by atoms with Crippen molar-refractivity contribution in [3.05, 3.63) is 71.5 Å². The van der Waals surface area contributed by atoms with Crippen molar-refractivity contribution >= 4 is 23.7 Å². The fraction of sp³-hybridized carbons (Fsp3) is 0.217.